The SMILES string of the molecule is Cc1ccc2ncc(C3CN(C=O)CCO3)c(O)c2c1. The number of benzene rings is 1. The van der Waals surface area contributed by atoms with E-state index in [1.165, 1.54) is 0 Å². The summed E-state index contributed by atoms with van der Waals surface area (Å²) in [7, 11) is 0. The summed E-state index contributed by atoms with van der Waals surface area (Å²) >= 11 is 0. The molecule has 1 N–H and O–H groups in total. The molecule has 0 bridgehead atoms. The van der Waals surface area contributed by atoms with Gasteiger partial charge in [0.25, 0.3) is 0 Å². The van der Waals surface area contributed by atoms with Crippen molar-refractivity contribution in [3.63, 3.8) is 0 Å². The number of rotatable bonds is 2. The van der Waals surface area contributed by atoms with Crippen molar-refractivity contribution in [1.82, 2.24) is 9.88 Å². The lowest BCUT2D eigenvalue weighted by atomic mass is 10.0. The number of hydrogen-bond acceptors (Lipinski definition) is 4. The van der Waals surface area contributed by atoms with E-state index in [9.17, 15) is 9.90 Å². The number of aromatic hydroxyl groups is 1. The lowest BCUT2D eigenvalue weighted by Gasteiger charge is -2.30. The standard InChI is InChI=1S/C15H16N2O3/c1-10-2-3-13-11(6-10)15(19)12(7-16-13)14-8-17(9-18)4-5-20-14/h2-3,6-7,9,14H,4-5,8H2,1H3,(H,16,19). The van der Waals surface area contributed by atoms with Crippen LogP contribution in [0.15, 0.2) is 24.4 Å². The number of amides is 1. The Morgan fingerprint density at radius 2 is 2.35 bits per heavy atom. The summed E-state index contributed by atoms with van der Waals surface area (Å²) < 4.78 is 5.66. The summed E-state index contributed by atoms with van der Waals surface area (Å²) in [4.78, 5) is 16.9. The number of ether oxygens (including phenoxy) is 1. The maximum atomic E-state index is 10.9. The van der Waals surface area contributed by atoms with Crippen LogP contribution in [0.25, 0.3) is 10.9 Å². The second-order valence-corrected chi connectivity index (χ2v) is 5.04. The molecule has 0 saturated carbocycles. The maximum Gasteiger partial charge on any atom is 0.209 e. The van der Waals surface area contributed by atoms with Gasteiger partial charge in [0.2, 0.25) is 6.41 Å². The van der Waals surface area contributed by atoms with Crippen LogP contribution >= 0.6 is 0 Å². The third-order valence-corrected chi connectivity index (χ3v) is 3.62. The average molecular weight is 272 g/mol. The molecule has 1 saturated heterocycles. The van der Waals surface area contributed by atoms with Gasteiger partial charge in [-0.25, -0.2) is 0 Å². The number of fused-ring (bicyclic) bond motifs is 1. The van der Waals surface area contributed by atoms with Crippen LogP contribution in [0.5, 0.6) is 5.75 Å². The topological polar surface area (TPSA) is 62.7 Å². The number of carbonyl (C=O) groups excluding carboxylic acids is 1. The van der Waals surface area contributed by atoms with Crippen molar-refractivity contribution in [1.29, 1.82) is 0 Å². The lowest BCUT2D eigenvalue weighted by Crippen LogP contribution is -2.37. The van der Waals surface area contributed by atoms with E-state index in [1.54, 1.807) is 11.1 Å². The molecule has 0 spiro atoms. The van der Waals surface area contributed by atoms with Gasteiger partial charge in [-0.1, -0.05) is 11.6 Å². The van der Waals surface area contributed by atoms with Crippen LogP contribution in [0.1, 0.15) is 17.2 Å². The first kappa shape index (κ1) is 12.9. The van der Waals surface area contributed by atoms with Gasteiger partial charge in [-0.2, -0.15) is 0 Å². The Labute approximate surface area is 116 Å². The van der Waals surface area contributed by atoms with E-state index in [2.05, 4.69) is 4.98 Å². The van der Waals surface area contributed by atoms with Crippen molar-refractivity contribution in [2.75, 3.05) is 19.7 Å². The highest BCUT2D eigenvalue weighted by atomic mass is 16.5. The summed E-state index contributed by atoms with van der Waals surface area (Å²) in [5.74, 6) is 0.191. The monoisotopic (exact) mass is 272 g/mol. The van der Waals surface area contributed by atoms with E-state index in [-0.39, 0.29) is 11.9 Å². The third kappa shape index (κ3) is 2.20. The molecular weight excluding hydrogens is 256 g/mol. The smallest absolute Gasteiger partial charge is 0.209 e. The second kappa shape index (κ2) is 5.09. The summed E-state index contributed by atoms with van der Waals surface area (Å²) in [5.41, 5.74) is 2.44. The van der Waals surface area contributed by atoms with E-state index in [0.717, 1.165) is 17.5 Å². The fourth-order valence-corrected chi connectivity index (χ4v) is 2.50. The predicted octanol–water partition coefficient (Wildman–Crippen LogP) is 1.78. The summed E-state index contributed by atoms with van der Waals surface area (Å²) in [6.45, 7) is 3.46. The summed E-state index contributed by atoms with van der Waals surface area (Å²) in [5, 5.41) is 11.2. The number of aromatic nitrogens is 1. The number of morpholine rings is 1. The number of nitrogens with zero attached hydrogens (tertiary/aromatic N) is 2. The van der Waals surface area contributed by atoms with Crippen molar-refractivity contribution in [3.05, 3.63) is 35.5 Å². The van der Waals surface area contributed by atoms with E-state index in [1.807, 2.05) is 25.1 Å². The minimum Gasteiger partial charge on any atom is -0.507 e. The van der Waals surface area contributed by atoms with Gasteiger partial charge in [-0.15, -0.1) is 0 Å². The minimum absolute atomic E-state index is 0.191. The minimum atomic E-state index is -0.327. The van der Waals surface area contributed by atoms with E-state index in [0.29, 0.717) is 30.6 Å². The molecule has 0 aliphatic carbocycles. The van der Waals surface area contributed by atoms with Gasteiger partial charge in [-0.3, -0.25) is 9.78 Å². The molecule has 2 aromatic rings. The van der Waals surface area contributed by atoms with Gasteiger partial charge >= 0.3 is 0 Å². The highest BCUT2D eigenvalue weighted by molar-refractivity contribution is 5.86. The number of pyridine rings is 1. The second-order valence-electron chi connectivity index (χ2n) is 5.04. The van der Waals surface area contributed by atoms with Crippen molar-refractivity contribution in [3.8, 4) is 5.75 Å². The van der Waals surface area contributed by atoms with Gasteiger partial charge < -0.3 is 14.7 Å². The molecule has 1 amide bonds. The molecule has 0 radical (unpaired) electrons. The lowest BCUT2D eigenvalue weighted by molar-refractivity contribution is -0.125. The Bertz CT molecular complexity index is 657. The highest BCUT2D eigenvalue weighted by Crippen LogP contribution is 2.34. The molecule has 1 atom stereocenters. The Morgan fingerprint density at radius 1 is 1.50 bits per heavy atom. The first-order valence-electron chi connectivity index (χ1n) is 6.58. The largest absolute Gasteiger partial charge is 0.507 e. The third-order valence-electron chi connectivity index (χ3n) is 3.62. The zero-order valence-electron chi connectivity index (χ0n) is 11.2. The molecule has 1 aromatic heterocycles. The van der Waals surface area contributed by atoms with Gasteiger partial charge in [0, 0.05) is 23.7 Å². The van der Waals surface area contributed by atoms with Gasteiger partial charge in [-0.05, 0) is 19.1 Å². The van der Waals surface area contributed by atoms with Crippen LogP contribution in [0.2, 0.25) is 0 Å². The van der Waals surface area contributed by atoms with E-state index in [4.69, 9.17) is 4.74 Å². The fraction of sp³-hybridized carbons (Fsp3) is 0.333. The fourth-order valence-electron chi connectivity index (χ4n) is 2.50. The van der Waals surface area contributed by atoms with Crippen LogP contribution < -0.4 is 0 Å². The molecule has 1 aliphatic rings. The van der Waals surface area contributed by atoms with Crippen molar-refractivity contribution in [2.24, 2.45) is 0 Å². The molecule has 2 heterocycles. The normalized spacial score (nSPS) is 19.2. The molecule has 1 aromatic carbocycles. The molecule has 1 fully saturated rings. The van der Waals surface area contributed by atoms with Gasteiger partial charge in [0.05, 0.1) is 18.7 Å². The first-order chi connectivity index (χ1) is 9.69. The first-order valence-corrected chi connectivity index (χ1v) is 6.58. The van der Waals surface area contributed by atoms with Gasteiger partial charge in [0.1, 0.15) is 11.9 Å². The Morgan fingerprint density at radius 3 is 3.15 bits per heavy atom. The Kier molecular flexibility index (Phi) is 3.28. The Balaban J connectivity index is 2.03. The van der Waals surface area contributed by atoms with E-state index < -0.39 is 0 Å². The van der Waals surface area contributed by atoms with Gasteiger partial charge in [0.15, 0.2) is 0 Å². The Hall–Kier alpha value is -2.14. The van der Waals surface area contributed by atoms with Crippen LogP contribution in [0.3, 0.4) is 0 Å². The van der Waals surface area contributed by atoms with Crippen LogP contribution in [0, 0.1) is 6.92 Å². The van der Waals surface area contributed by atoms with Crippen LogP contribution in [-0.2, 0) is 9.53 Å². The van der Waals surface area contributed by atoms with Crippen molar-refractivity contribution in [2.45, 2.75) is 13.0 Å². The summed E-state index contributed by atoms with van der Waals surface area (Å²) in [6.07, 6.45) is 2.11. The molecular formula is C15H16N2O3. The molecule has 3 rings (SSSR count). The molecule has 20 heavy (non-hydrogen) atoms. The van der Waals surface area contributed by atoms with Crippen molar-refractivity contribution >= 4 is 17.3 Å². The maximum absolute atomic E-state index is 10.9. The van der Waals surface area contributed by atoms with E-state index >= 15 is 0 Å². The molecule has 104 valence electrons. The number of aryl methyl sites for hydroxylation is 1. The number of hydrogen-bond donors (Lipinski definition) is 1. The quantitative estimate of drug-likeness (QED) is 0.846. The molecule has 5 nitrogen and oxygen atoms in total. The van der Waals surface area contributed by atoms with Crippen LogP contribution in [-0.4, -0.2) is 41.1 Å². The molecule has 1 aliphatic heterocycles. The molecule has 5 heteroatoms. The molecule has 1 unspecified atom stereocenters. The zero-order chi connectivity index (χ0) is 14.1. The number of carbonyl (C=O) groups is 1. The predicted molar refractivity (Wildman–Crippen MR) is 74.5 cm³/mol. The highest BCUT2D eigenvalue weighted by Gasteiger charge is 2.24. The van der Waals surface area contributed by atoms with Crippen molar-refractivity contribution < 1.29 is 14.6 Å². The summed E-state index contributed by atoms with van der Waals surface area (Å²) in [6, 6.07) is 5.74. The van der Waals surface area contributed by atoms with Crippen LogP contribution in [0.4, 0.5) is 0 Å². The average Bonchev–Trinajstić information content (AvgIpc) is 2.48. The zero-order valence-corrected chi connectivity index (χ0v) is 11.2.